The summed E-state index contributed by atoms with van der Waals surface area (Å²) >= 11 is 6.09. The Labute approximate surface area is 176 Å². The first kappa shape index (κ1) is 19.8. The van der Waals surface area contributed by atoms with Gasteiger partial charge in [0.15, 0.2) is 11.6 Å². The Kier molecular flexibility index (Phi) is 5.10. The number of benzene rings is 3. The molecule has 0 fully saturated rings. The van der Waals surface area contributed by atoms with Gasteiger partial charge in [-0.15, -0.1) is 0 Å². The summed E-state index contributed by atoms with van der Waals surface area (Å²) in [6.07, 6.45) is 0. The number of hydrogen-bond acceptors (Lipinski definition) is 3. The van der Waals surface area contributed by atoms with E-state index in [1.807, 2.05) is 0 Å². The molecule has 150 valence electrons. The maximum absolute atomic E-state index is 13.7. The molecule has 4 rings (SSSR count). The normalized spacial score (nSPS) is 13.9. The third kappa shape index (κ3) is 3.46. The molecule has 0 spiro atoms. The molecule has 0 aromatic heterocycles. The van der Waals surface area contributed by atoms with Gasteiger partial charge in [0.25, 0.3) is 11.8 Å². The predicted molar refractivity (Wildman–Crippen MR) is 112 cm³/mol. The minimum Gasteiger partial charge on any atom is -0.350 e. The van der Waals surface area contributed by atoms with E-state index >= 15 is 0 Å². The average Bonchev–Trinajstić information content (AvgIpc) is 2.97. The molecular weight excluding hydrogens is 410 g/mol. The molecule has 0 radical (unpaired) electrons. The number of amides is 2. The molecule has 1 aliphatic heterocycles. The fourth-order valence-electron chi connectivity index (χ4n) is 3.28. The smallest absolute Gasteiger partial charge is 0.282 e. The van der Waals surface area contributed by atoms with Crippen LogP contribution in [0.25, 0.3) is 5.57 Å². The van der Waals surface area contributed by atoms with E-state index in [9.17, 15) is 18.4 Å². The van der Waals surface area contributed by atoms with Gasteiger partial charge in [0, 0.05) is 16.8 Å². The van der Waals surface area contributed by atoms with Crippen LogP contribution in [0.3, 0.4) is 0 Å². The van der Waals surface area contributed by atoms with E-state index in [1.54, 1.807) is 49.4 Å². The van der Waals surface area contributed by atoms with Crippen molar-refractivity contribution in [2.45, 2.75) is 6.92 Å². The van der Waals surface area contributed by atoms with Crippen LogP contribution >= 0.6 is 11.6 Å². The van der Waals surface area contributed by atoms with Crippen molar-refractivity contribution in [1.82, 2.24) is 0 Å². The molecule has 7 heteroatoms. The van der Waals surface area contributed by atoms with Crippen molar-refractivity contribution in [3.05, 3.63) is 100 Å². The molecule has 3 aromatic carbocycles. The summed E-state index contributed by atoms with van der Waals surface area (Å²) in [4.78, 5) is 27.7. The van der Waals surface area contributed by atoms with Crippen molar-refractivity contribution < 1.29 is 18.4 Å². The van der Waals surface area contributed by atoms with Gasteiger partial charge in [-0.2, -0.15) is 0 Å². The van der Waals surface area contributed by atoms with Crippen molar-refractivity contribution in [2.24, 2.45) is 0 Å². The molecule has 0 saturated carbocycles. The number of hydrogen-bond donors (Lipinski definition) is 1. The van der Waals surface area contributed by atoms with E-state index in [4.69, 9.17) is 11.6 Å². The zero-order valence-electron chi connectivity index (χ0n) is 15.7. The van der Waals surface area contributed by atoms with Crippen molar-refractivity contribution in [3.63, 3.8) is 0 Å². The van der Waals surface area contributed by atoms with Crippen LogP contribution in [0.15, 0.2) is 72.4 Å². The number of carbonyl (C=O) groups is 2. The molecule has 4 nitrogen and oxygen atoms in total. The van der Waals surface area contributed by atoms with Crippen LogP contribution in [0.1, 0.15) is 11.1 Å². The zero-order valence-corrected chi connectivity index (χ0v) is 16.5. The number of carbonyl (C=O) groups excluding carboxylic acids is 2. The number of anilines is 2. The average molecular weight is 425 g/mol. The predicted octanol–water partition coefficient (Wildman–Crippen LogP) is 5.32. The lowest BCUT2D eigenvalue weighted by Gasteiger charge is -2.18. The first-order valence-electron chi connectivity index (χ1n) is 9.03. The molecule has 1 heterocycles. The maximum Gasteiger partial charge on any atom is 0.282 e. The summed E-state index contributed by atoms with van der Waals surface area (Å²) in [7, 11) is 0. The second kappa shape index (κ2) is 7.72. The monoisotopic (exact) mass is 424 g/mol. The molecular formula is C23H15ClF2N2O2. The topological polar surface area (TPSA) is 49.4 Å². The first-order chi connectivity index (χ1) is 14.4. The highest BCUT2D eigenvalue weighted by atomic mass is 35.5. The number of aryl methyl sites for hydroxylation is 1. The van der Waals surface area contributed by atoms with Gasteiger partial charge in [0.1, 0.15) is 5.70 Å². The lowest BCUT2D eigenvalue weighted by Crippen LogP contribution is -2.33. The lowest BCUT2D eigenvalue weighted by molar-refractivity contribution is -0.120. The Morgan fingerprint density at radius 3 is 2.30 bits per heavy atom. The molecule has 2 amide bonds. The Morgan fingerprint density at radius 1 is 0.867 bits per heavy atom. The lowest BCUT2D eigenvalue weighted by atomic mass is 10.0. The largest absolute Gasteiger partial charge is 0.350 e. The molecule has 1 N–H and O–H groups in total. The summed E-state index contributed by atoms with van der Waals surface area (Å²) in [5.74, 6) is -3.24. The minimum atomic E-state index is -1.07. The number of imide groups is 1. The standard InChI is InChI=1S/C23H15ClF2N2O2/c1-13-7-8-15(24)11-19(13)28-22(29)20(14-5-3-2-4-6-14)21(23(28)30)27-16-9-10-17(25)18(26)12-16/h2-12,27H,1H3. The van der Waals surface area contributed by atoms with Crippen molar-refractivity contribution in [1.29, 1.82) is 0 Å². The number of nitrogens with zero attached hydrogens (tertiary/aromatic N) is 1. The van der Waals surface area contributed by atoms with Gasteiger partial charge in [-0.25, -0.2) is 13.7 Å². The van der Waals surface area contributed by atoms with Crippen LogP contribution in [-0.4, -0.2) is 11.8 Å². The van der Waals surface area contributed by atoms with E-state index in [1.165, 1.54) is 12.1 Å². The summed E-state index contributed by atoms with van der Waals surface area (Å²) in [5, 5.41) is 3.17. The highest BCUT2D eigenvalue weighted by Crippen LogP contribution is 2.36. The van der Waals surface area contributed by atoms with Crippen molar-refractivity contribution in [2.75, 3.05) is 10.2 Å². The molecule has 0 saturated heterocycles. The molecule has 1 aliphatic rings. The van der Waals surface area contributed by atoms with Gasteiger partial charge >= 0.3 is 0 Å². The third-order valence-electron chi connectivity index (χ3n) is 4.75. The fourth-order valence-corrected chi connectivity index (χ4v) is 3.45. The van der Waals surface area contributed by atoms with Crippen LogP contribution in [0.4, 0.5) is 20.2 Å². The number of halogens is 3. The van der Waals surface area contributed by atoms with Gasteiger partial charge in [-0.3, -0.25) is 9.59 Å². The fraction of sp³-hybridized carbons (Fsp3) is 0.0435. The molecule has 0 bridgehead atoms. The minimum absolute atomic E-state index is 0.0309. The summed E-state index contributed by atoms with van der Waals surface area (Å²) < 4.78 is 27.0. The van der Waals surface area contributed by atoms with E-state index in [0.717, 1.165) is 17.0 Å². The van der Waals surface area contributed by atoms with Crippen molar-refractivity contribution in [3.8, 4) is 0 Å². The zero-order chi connectivity index (χ0) is 21.4. The van der Waals surface area contributed by atoms with Crippen LogP contribution in [0.5, 0.6) is 0 Å². The summed E-state index contributed by atoms with van der Waals surface area (Å²) in [6.45, 7) is 1.76. The molecule has 30 heavy (non-hydrogen) atoms. The Hall–Kier alpha value is -3.51. The molecule has 0 unspecified atom stereocenters. The highest BCUT2D eigenvalue weighted by Gasteiger charge is 2.40. The van der Waals surface area contributed by atoms with Gasteiger partial charge in [-0.05, 0) is 42.3 Å². The van der Waals surface area contributed by atoms with E-state index < -0.39 is 23.4 Å². The van der Waals surface area contributed by atoms with E-state index in [0.29, 0.717) is 21.8 Å². The van der Waals surface area contributed by atoms with E-state index in [2.05, 4.69) is 5.32 Å². The number of rotatable bonds is 4. The molecule has 0 aliphatic carbocycles. The quantitative estimate of drug-likeness (QED) is 0.576. The second-order valence-electron chi connectivity index (χ2n) is 6.75. The maximum atomic E-state index is 13.7. The Morgan fingerprint density at radius 2 is 1.60 bits per heavy atom. The van der Waals surface area contributed by atoms with Gasteiger partial charge in [-0.1, -0.05) is 48.0 Å². The van der Waals surface area contributed by atoms with Crippen LogP contribution in [-0.2, 0) is 9.59 Å². The Bertz CT molecular complexity index is 1210. The van der Waals surface area contributed by atoms with Crippen LogP contribution < -0.4 is 10.2 Å². The SMILES string of the molecule is Cc1ccc(Cl)cc1N1C(=O)C(Nc2ccc(F)c(F)c2)=C(c2ccccc2)C1=O. The molecule has 3 aromatic rings. The summed E-state index contributed by atoms with van der Waals surface area (Å²) in [6, 6.07) is 16.7. The number of nitrogens with one attached hydrogen (secondary N) is 1. The third-order valence-corrected chi connectivity index (χ3v) is 4.98. The van der Waals surface area contributed by atoms with Gasteiger partial charge in [0.2, 0.25) is 0 Å². The van der Waals surface area contributed by atoms with Gasteiger partial charge in [0.05, 0.1) is 11.3 Å². The van der Waals surface area contributed by atoms with Crippen LogP contribution in [0, 0.1) is 18.6 Å². The molecule has 0 atom stereocenters. The Balaban J connectivity index is 1.84. The van der Waals surface area contributed by atoms with Gasteiger partial charge < -0.3 is 5.32 Å². The first-order valence-corrected chi connectivity index (χ1v) is 9.41. The van der Waals surface area contributed by atoms with Crippen molar-refractivity contribution >= 4 is 40.4 Å². The van der Waals surface area contributed by atoms with E-state index in [-0.39, 0.29) is 17.0 Å². The summed E-state index contributed by atoms with van der Waals surface area (Å²) in [5.41, 5.74) is 1.79. The highest BCUT2D eigenvalue weighted by molar-refractivity contribution is 6.46. The second-order valence-corrected chi connectivity index (χ2v) is 7.18. The van der Waals surface area contributed by atoms with Crippen LogP contribution in [0.2, 0.25) is 5.02 Å².